The van der Waals surface area contributed by atoms with E-state index in [2.05, 4.69) is 0 Å². The largest absolute Gasteiger partial charge is 0.399 e. The molecule has 22 heavy (non-hydrogen) atoms. The highest BCUT2D eigenvalue weighted by molar-refractivity contribution is 6.00. The number of nitrogens with two attached hydrogens (primary N) is 4. The van der Waals surface area contributed by atoms with Crippen molar-refractivity contribution in [1.29, 1.82) is 0 Å². The predicted molar refractivity (Wildman–Crippen MR) is 95.0 cm³/mol. The monoisotopic (exact) mass is 290 g/mol. The van der Waals surface area contributed by atoms with Gasteiger partial charge in [0.25, 0.3) is 0 Å². The van der Waals surface area contributed by atoms with Gasteiger partial charge in [-0.3, -0.25) is 0 Å². The van der Waals surface area contributed by atoms with Crippen LogP contribution in [0.5, 0.6) is 0 Å². The summed E-state index contributed by atoms with van der Waals surface area (Å²) in [5.74, 6) is 0. The quantitative estimate of drug-likeness (QED) is 0.543. The van der Waals surface area contributed by atoms with Gasteiger partial charge in [-0.2, -0.15) is 0 Å². The third-order valence-electron chi connectivity index (χ3n) is 3.69. The van der Waals surface area contributed by atoms with Gasteiger partial charge in [-0.25, -0.2) is 0 Å². The SMILES string of the molecule is Nc1ccc(-c2c(N)cc(N)c(-c3ccccc3)c2N)cc1. The Hall–Kier alpha value is -3.14. The van der Waals surface area contributed by atoms with Crippen molar-refractivity contribution in [2.45, 2.75) is 0 Å². The minimum absolute atomic E-state index is 0.555. The van der Waals surface area contributed by atoms with Gasteiger partial charge in [0, 0.05) is 28.2 Å². The van der Waals surface area contributed by atoms with E-state index in [4.69, 9.17) is 22.9 Å². The molecule has 0 aliphatic rings. The van der Waals surface area contributed by atoms with Crippen LogP contribution in [0.3, 0.4) is 0 Å². The van der Waals surface area contributed by atoms with Crippen LogP contribution in [-0.4, -0.2) is 0 Å². The van der Waals surface area contributed by atoms with E-state index in [-0.39, 0.29) is 0 Å². The molecule has 0 bridgehead atoms. The summed E-state index contributed by atoms with van der Waals surface area (Å²) in [6, 6.07) is 19.0. The molecule has 4 heteroatoms. The summed E-state index contributed by atoms with van der Waals surface area (Å²) in [5, 5.41) is 0. The van der Waals surface area contributed by atoms with E-state index in [1.54, 1.807) is 6.07 Å². The summed E-state index contributed by atoms with van der Waals surface area (Å²) in [5.41, 5.74) is 30.3. The van der Waals surface area contributed by atoms with Crippen molar-refractivity contribution < 1.29 is 0 Å². The Bertz CT molecular complexity index is 809. The van der Waals surface area contributed by atoms with Gasteiger partial charge < -0.3 is 22.9 Å². The van der Waals surface area contributed by atoms with E-state index < -0.39 is 0 Å². The second-order valence-corrected chi connectivity index (χ2v) is 5.21. The van der Waals surface area contributed by atoms with Crippen molar-refractivity contribution in [3.8, 4) is 22.3 Å². The van der Waals surface area contributed by atoms with Crippen molar-refractivity contribution in [2.75, 3.05) is 22.9 Å². The van der Waals surface area contributed by atoms with Crippen LogP contribution in [0.25, 0.3) is 22.3 Å². The molecule has 8 N–H and O–H groups in total. The third kappa shape index (κ3) is 2.31. The number of anilines is 4. The Kier molecular flexibility index (Phi) is 3.35. The maximum absolute atomic E-state index is 6.40. The number of rotatable bonds is 2. The van der Waals surface area contributed by atoms with Crippen molar-refractivity contribution in [3.63, 3.8) is 0 Å². The Balaban J connectivity index is 2.26. The lowest BCUT2D eigenvalue weighted by Crippen LogP contribution is -2.03. The molecule has 3 rings (SSSR count). The van der Waals surface area contributed by atoms with E-state index in [1.165, 1.54) is 0 Å². The van der Waals surface area contributed by atoms with Gasteiger partial charge in [-0.1, -0.05) is 42.5 Å². The van der Waals surface area contributed by atoms with Gasteiger partial charge in [-0.15, -0.1) is 0 Å². The van der Waals surface area contributed by atoms with Gasteiger partial charge in [0.1, 0.15) is 0 Å². The topological polar surface area (TPSA) is 104 Å². The fourth-order valence-electron chi connectivity index (χ4n) is 2.65. The number of hydrogen-bond donors (Lipinski definition) is 4. The smallest absolute Gasteiger partial charge is 0.0515 e. The molecule has 0 heterocycles. The van der Waals surface area contributed by atoms with Crippen LogP contribution in [0.15, 0.2) is 60.7 Å². The van der Waals surface area contributed by atoms with E-state index in [1.807, 2.05) is 54.6 Å². The summed E-state index contributed by atoms with van der Waals surface area (Å²) in [4.78, 5) is 0. The van der Waals surface area contributed by atoms with Gasteiger partial charge >= 0.3 is 0 Å². The van der Waals surface area contributed by atoms with Crippen molar-refractivity contribution >= 4 is 22.7 Å². The van der Waals surface area contributed by atoms with Crippen molar-refractivity contribution in [3.05, 3.63) is 60.7 Å². The van der Waals surface area contributed by atoms with Crippen LogP contribution < -0.4 is 22.9 Å². The summed E-state index contributed by atoms with van der Waals surface area (Å²) in [7, 11) is 0. The lowest BCUT2D eigenvalue weighted by atomic mass is 9.93. The van der Waals surface area contributed by atoms with Crippen LogP contribution in [0.4, 0.5) is 22.7 Å². The zero-order valence-corrected chi connectivity index (χ0v) is 12.1. The predicted octanol–water partition coefficient (Wildman–Crippen LogP) is 3.35. The zero-order chi connectivity index (χ0) is 15.7. The molecule has 4 nitrogen and oxygen atoms in total. The molecule has 0 aliphatic heterocycles. The van der Waals surface area contributed by atoms with Gasteiger partial charge in [0.05, 0.1) is 5.69 Å². The number of benzene rings is 3. The first-order chi connectivity index (χ1) is 10.6. The molecule has 0 aromatic heterocycles. The molecule has 0 aliphatic carbocycles. The van der Waals surface area contributed by atoms with Crippen molar-refractivity contribution in [2.24, 2.45) is 0 Å². The molecule has 0 radical (unpaired) electrons. The minimum Gasteiger partial charge on any atom is -0.399 e. The lowest BCUT2D eigenvalue weighted by molar-refractivity contribution is 1.57. The molecule has 0 unspecified atom stereocenters. The Morgan fingerprint density at radius 3 is 1.59 bits per heavy atom. The zero-order valence-electron chi connectivity index (χ0n) is 12.1. The van der Waals surface area contributed by atoms with E-state index in [0.29, 0.717) is 22.7 Å². The maximum Gasteiger partial charge on any atom is 0.0515 e. The fourth-order valence-corrected chi connectivity index (χ4v) is 2.65. The highest BCUT2D eigenvalue weighted by Gasteiger charge is 2.16. The number of nitrogen functional groups attached to an aromatic ring is 4. The molecule has 3 aromatic carbocycles. The van der Waals surface area contributed by atoms with Gasteiger partial charge in [0.15, 0.2) is 0 Å². The Morgan fingerprint density at radius 1 is 0.545 bits per heavy atom. The molecular formula is C18H18N4. The first-order valence-electron chi connectivity index (χ1n) is 6.96. The highest BCUT2D eigenvalue weighted by atomic mass is 14.7. The molecule has 0 fully saturated rings. The second kappa shape index (κ2) is 5.33. The van der Waals surface area contributed by atoms with E-state index in [9.17, 15) is 0 Å². The van der Waals surface area contributed by atoms with Gasteiger partial charge in [0.2, 0.25) is 0 Å². The average Bonchev–Trinajstić information content (AvgIpc) is 2.50. The fraction of sp³-hybridized carbons (Fsp3) is 0. The van der Waals surface area contributed by atoms with Crippen LogP contribution in [0.1, 0.15) is 0 Å². The standard InChI is InChI=1S/C18H18N4/c19-13-8-6-12(7-9-13)17-15(21)10-14(20)16(18(17)22)11-4-2-1-3-5-11/h1-10H,19-22H2. The van der Waals surface area contributed by atoms with Crippen LogP contribution in [0.2, 0.25) is 0 Å². The molecule has 0 spiro atoms. The third-order valence-corrected chi connectivity index (χ3v) is 3.69. The molecule has 0 atom stereocenters. The maximum atomic E-state index is 6.40. The van der Waals surface area contributed by atoms with E-state index >= 15 is 0 Å². The van der Waals surface area contributed by atoms with Crippen molar-refractivity contribution in [1.82, 2.24) is 0 Å². The summed E-state index contributed by atoms with van der Waals surface area (Å²) >= 11 is 0. The average molecular weight is 290 g/mol. The summed E-state index contributed by atoms with van der Waals surface area (Å²) in [6.45, 7) is 0. The molecule has 0 saturated heterocycles. The van der Waals surface area contributed by atoms with Crippen LogP contribution in [-0.2, 0) is 0 Å². The lowest BCUT2D eigenvalue weighted by Gasteiger charge is -2.17. The highest BCUT2D eigenvalue weighted by Crippen LogP contribution is 2.42. The van der Waals surface area contributed by atoms with Crippen LogP contribution in [0, 0.1) is 0 Å². The van der Waals surface area contributed by atoms with E-state index in [0.717, 1.165) is 22.3 Å². The molecule has 0 saturated carbocycles. The Morgan fingerprint density at radius 2 is 1.05 bits per heavy atom. The molecular weight excluding hydrogens is 272 g/mol. The molecule has 110 valence electrons. The first-order valence-corrected chi connectivity index (χ1v) is 6.96. The number of hydrogen-bond acceptors (Lipinski definition) is 4. The summed E-state index contributed by atoms with van der Waals surface area (Å²) in [6.07, 6.45) is 0. The normalized spacial score (nSPS) is 10.5. The minimum atomic E-state index is 0.555. The van der Waals surface area contributed by atoms with Gasteiger partial charge in [-0.05, 0) is 29.3 Å². The summed E-state index contributed by atoms with van der Waals surface area (Å²) < 4.78 is 0. The molecule has 0 amide bonds. The Labute approximate surface area is 129 Å². The van der Waals surface area contributed by atoms with Crippen LogP contribution >= 0.6 is 0 Å². The molecule has 3 aromatic rings. The second-order valence-electron chi connectivity index (χ2n) is 5.21. The first kappa shape index (κ1) is 13.8.